The standard InChI is InChI=1S/C40H44N2O7S/c1-27(44)41-20-4-2-3-11-38(45)42-24-29-7-5-8-32(21-29)33-9-6-10-34(22-33)40-48-35(26-50-36-18-16-31(17-19-36)39(46)47)23-37(49-40)30-14-12-28(25-43)13-15-30/h5-10,12-19,21-22,35,37,40,43H,2-4,11,20,23-26H2,1H3,(H,41,44)(H,42,45)(H,46,47)/t35-,37+,40+/m0/s1. The molecule has 0 unspecified atom stereocenters. The van der Waals surface area contributed by atoms with Gasteiger partial charge >= 0.3 is 5.97 Å². The SMILES string of the molecule is CC(=O)NCCCCCC(=O)NCc1cccc(-c2cccc([C@@H]3O[C@H](CSc4ccc(C(=O)O)cc4)C[C@H](c4ccc(CO)cc4)O3)c2)c1. The molecule has 4 aromatic rings. The van der Waals surface area contributed by atoms with Crippen molar-refractivity contribution in [2.45, 2.75) is 75.6 Å². The molecule has 1 heterocycles. The number of aliphatic hydroxyl groups is 1. The number of amides is 2. The molecular weight excluding hydrogens is 653 g/mol. The van der Waals surface area contributed by atoms with Crippen molar-refractivity contribution in [3.8, 4) is 11.1 Å². The molecule has 3 atom stereocenters. The molecule has 0 bridgehead atoms. The van der Waals surface area contributed by atoms with Crippen LogP contribution < -0.4 is 10.6 Å². The molecule has 0 radical (unpaired) electrons. The van der Waals surface area contributed by atoms with Crippen molar-refractivity contribution >= 4 is 29.5 Å². The summed E-state index contributed by atoms with van der Waals surface area (Å²) < 4.78 is 13.1. The number of benzene rings is 4. The smallest absolute Gasteiger partial charge is 0.335 e. The summed E-state index contributed by atoms with van der Waals surface area (Å²) in [5.74, 6) is -0.325. The van der Waals surface area contributed by atoms with Crippen LogP contribution in [0.15, 0.2) is 102 Å². The number of thioether (sulfide) groups is 1. The van der Waals surface area contributed by atoms with Gasteiger partial charge in [-0.1, -0.05) is 67.1 Å². The molecule has 0 spiro atoms. The van der Waals surface area contributed by atoms with Gasteiger partial charge in [-0.25, -0.2) is 4.79 Å². The summed E-state index contributed by atoms with van der Waals surface area (Å²) >= 11 is 1.61. The van der Waals surface area contributed by atoms with Crippen LogP contribution in [0.3, 0.4) is 0 Å². The highest BCUT2D eigenvalue weighted by Gasteiger charge is 2.32. The van der Waals surface area contributed by atoms with Crippen LogP contribution in [0.4, 0.5) is 0 Å². The first-order valence-corrected chi connectivity index (χ1v) is 17.9. The first kappa shape index (κ1) is 36.8. The van der Waals surface area contributed by atoms with Crippen LogP contribution in [0, 0.1) is 0 Å². The number of hydrogen-bond donors (Lipinski definition) is 4. The summed E-state index contributed by atoms with van der Waals surface area (Å²) in [6, 6.07) is 30.9. The molecule has 1 fully saturated rings. The summed E-state index contributed by atoms with van der Waals surface area (Å²) in [6.07, 6.45) is 2.61. The third-order valence-electron chi connectivity index (χ3n) is 8.52. The van der Waals surface area contributed by atoms with E-state index in [1.807, 2.05) is 72.8 Å². The summed E-state index contributed by atoms with van der Waals surface area (Å²) in [4.78, 5) is 35.7. The van der Waals surface area contributed by atoms with Crippen molar-refractivity contribution in [3.63, 3.8) is 0 Å². The zero-order valence-corrected chi connectivity index (χ0v) is 29.0. The van der Waals surface area contributed by atoms with E-state index in [4.69, 9.17) is 9.47 Å². The van der Waals surface area contributed by atoms with E-state index in [-0.39, 0.29) is 36.2 Å². The van der Waals surface area contributed by atoms with Crippen molar-refractivity contribution in [1.82, 2.24) is 10.6 Å². The van der Waals surface area contributed by atoms with E-state index in [0.29, 0.717) is 31.7 Å². The highest BCUT2D eigenvalue weighted by atomic mass is 32.2. The Hall–Kier alpha value is -4.48. The Morgan fingerprint density at radius 2 is 1.54 bits per heavy atom. The summed E-state index contributed by atoms with van der Waals surface area (Å²) in [7, 11) is 0. The first-order valence-electron chi connectivity index (χ1n) is 16.9. The summed E-state index contributed by atoms with van der Waals surface area (Å²) in [5.41, 5.74) is 5.99. The highest BCUT2D eigenvalue weighted by molar-refractivity contribution is 7.99. The quantitative estimate of drug-likeness (QED) is 0.0715. The molecule has 1 saturated heterocycles. The van der Waals surface area contributed by atoms with Crippen LogP contribution in [0.25, 0.3) is 11.1 Å². The number of unbranched alkanes of at least 4 members (excludes halogenated alkanes) is 2. The van der Waals surface area contributed by atoms with Gasteiger partial charge in [0.25, 0.3) is 0 Å². The van der Waals surface area contributed by atoms with Crippen LogP contribution in [0.2, 0.25) is 0 Å². The topological polar surface area (TPSA) is 134 Å². The minimum atomic E-state index is -0.952. The number of carboxylic acids is 1. The van der Waals surface area contributed by atoms with Crippen LogP contribution in [0.1, 0.15) is 84.0 Å². The molecule has 50 heavy (non-hydrogen) atoms. The predicted molar refractivity (Wildman–Crippen MR) is 193 cm³/mol. The predicted octanol–water partition coefficient (Wildman–Crippen LogP) is 7.19. The number of nitrogens with one attached hydrogen (secondary N) is 2. The number of rotatable bonds is 16. The molecule has 4 aromatic carbocycles. The second kappa shape index (κ2) is 18.5. The Bertz CT molecular complexity index is 1730. The lowest BCUT2D eigenvalue weighted by molar-refractivity contribution is -0.245. The lowest BCUT2D eigenvalue weighted by Crippen LogP contribution is -2.31. The summed E-state index contributed by atoms with van der Waals surface area (Å²) in [6.45, 7) is 2.54. The molecule has 5 rings (SSSR count). The number of aliphatic hydroxyl groups excluding tert-OH is 1. The Morgan fingerprint density at radius 3 is 2.26 bits per heavy atom. The van der Waals surface area contributed by atoms with Crippen molar-refractivity contribution in [2.75, 3.05) is 12.3 Å². The Labute approximate surface area is 297 Å². The molecule has 10 heteroatoms. The van der Waals surface area contributed by atoms with Crippen LogP contribution in [-0.4, -0.2) is 46.4 Å². The van der Waals surface area contributed by atoms with E-state index in [2.05, 4.69) is 22.8 Å². The fraction of sp³-hybridized carbons (Fsp3) is 0.325. The zero-order valence-electron chi connectivity index (χ0n) is 28.2. The lowest BCUT2D eigenvalue weighted by atomic mass is 9.99. The molecule has 1 aliphatic heterocycles. The van der Waals surface area contributed by atoms with E-state index in [9.17, 15) is 24.6 Å². The largest absolute Gasteiger partial charge is 0.478 e. The molecule has 2 amide bonds. The van der Waals surface area contributed by atoms with E-state index in [1.54, 1.807) is 23.9 Å². The average Bonchev–Trinajstić information content (AvgIpc) is 3.14. The third-order valence-corrected chi connectivity index (χ3v) is 9.66. The van der Waals surface area contributed by atoms with E-state index >= 15 is 0 Å². The maximum atomic E-state index is 12.4. The van der Waals surface area contributed by atoms with Crippen molar-refractivity contribution in [1.29, 1.82) is 0 Å². The van der Waals surface area contributed by atoms with Gasteiger partial charge < -0.3 is 30.3 Å². The number of ether oxygens (including phenoxy) is 2. The molecule has 0 aliphatic carbocycles. The molecule has 0 aromatic heterocycles. The number of aromatic carboxylic acids is 1. The maximum absolute atomic E-state index is 12.4. The van der Waals surface area contributed by atoms with Crippen LogP contribution in [0.5, 0.6) is 0 Å². The fourth-order valence-electron chi connectivity index (χ4n) is 5.77. The van der Waals surface area contributed by atoms with Gasteiger partial charge in [-0.05, 0) is 77.1 Å². The Kier molecular flexibility index (Phi) is 13.6. The van der Waals surface area contributed by atoms with E-state index in [1.165, 1.54) is 6.92 Å². The normalized spacial score (nSPS) is 17.2. The van der Waals surface area contributed by atoms with Gasteiger partial charge in [-0.15, -0.1) is 11.8 Å². The minimum Gasteiger partial charge on any atom is -0.478 e. The lowest BCUT2D eigenvalue weighted by Gasteiger charge is -2.36. The molecule has 1 aliphatic rings. The fourth-order valence-corrected chi connectivity index (χ4v) is 6.69. The van der Waals surface area contributed by atoms with Crippen LogP contribution in [-0.2, 0) is 32.2 Å². The van der Waals surface area contributed by atoms with Gasteiger partial charge in [0.15, 0.2) is 6.29 Å². The van der Waals surface area contributed by atoms with E-state index in [0.717, 1.165) is 57.5 Å². The van der Waals surface area contributed by atoms with E-state index < -0.39 is 12.3 Å². The van der Waals surface area contributed by atoms with Gasteiger partial charge in [-0.2, -0.15) is 0 Å². The Balaban J connectivity index is 1.24. The first-order chi connectivity index (χ1) is 24.3. The van der Waals surface area contributed by atoms with Gasteiger partial charge in [0.2, 0.25) is 11.8 Å². The number of carbonyl (C=O) groups is 3. The second-order valence-electron chi connectivity index (χ2n) is 12.4. The zero-order chi connectivity index (χ0) is 35.3. The number of carbonyl (C=O) groups excluding carboxylic acids is 2. The Morgan fingerprint density at radius 1 is 0.800 bits per heavy atom. The number of carboxylic acid groups (broad SMARTS) is 1. The van der Waals surface area contributed by atoms with Crippen molar-refractivity contribution in [2.24, 2.45) is 0 Å². The minimum absolute atomic E-state index is 0.00840. The van der Waals surface area contributed by atoms with Crippen molar-refractivity contribution < 1.29 is 34.1 Å². The van der Waals surface area contributed by atoms with Gasteiger partial charge in [0.1, 0.15) is 0 Å². The van der Waals surface area contributed by atoms with Gasteiger partial charge in [0.05, 0.1) is 24.4 Å². The monoisotopic (exact) mass is 696 g/mol. The highest BCUT2D eigenvalue weighted by Crippen LogP contribution is 2.40. The molecule has 262 valence electrons. The second-order valence-corrected chi connectivity index (χ2v) is 13.5. The molecule has 4 N–H and O–H groups in total. The van der Waals surface area contributed by atoms with Crippen molar-refractivity contribution in [3.05, 3.63) is 125 Å². The molecular formula is C40H44N2O7S. The molecule has 9 nitrogen and oxygen atoms in total. The number of hydrogen-bond acceptors (Lipinski definition) is 7. The summed E-state index contributed by atoms with van der Waals surface area (Å²) in [5, 5.41) is 24.6. The maximum Gasteiger partial charge on any atom is 0.335 e. The van der Waals surface area contributed by atoms with Gasteiger partial charge in [-0.3, -0.25) is 9.59 Å². The average molecular weight is 697 g/mol. The molecule has 0 saturated carbocycles. The third kappa shape index (κ3) is 11.0. The van der Waals surface area contributed by atoms with Crippen LogP contribution >= 0.6 is 11.8 Å². The van der Waals surface area contributed by atoms with Gasteiger partial charge in [0, 0.05) is 49.1 Å².